The summed E-state index contributed by atoms with van der Waals surface area (Å²) in [5.74, 6) is -0.528. The van der Waals surface area contributed by atoms with Gasteiger partial charge in [-0.3, -0.25) is 20.0 Å². The molecule has 3 amide bonds. The van der Waals surface area contributed by atoms with Crippen LogP contribution in [0.25, 0.3) is 0 Å². The van der Waals surface area contributed by atoms with Crippen molar-refractivity contribution in [1.82, 2.24) is 46.6 Å². The van der Waals surface area contributed by atoms with Crippen molar-refractivity contribution in [3.63, 3.8) is 0 Å². The largest absolute Gasteiger partial charge is 0.334 e. The number of hydrazine groups is 2. The van der Waals surface area contributed by atoms with Crippen molar-refractivity contribution in [2.75, 3.05) is 19.6 Å². The summed E-state index contributed by atoms with van der Waals surface area (Å²) < 4.78 is 32.9. The van der Waals surface area contributed by atoms with Crippen molar-refractivity contribution in [2.24, 2.45) is 23.7 Å². The fourth-order valence-corrected chi connectivity index (χ4v) is 10.1. The summed E-state index contributed by atoms with van der Waals surface area (Å²) in [4.78, 5) is 33.3. The average molecular weight is 646 g/mol. The van der Waals surface area contributed by atoms with Crippen molar-refractivity contribution in [3.8, 4) is 0 Å². The molecule has 5 N–H and O–H groups in total. The second kappa shape index (κ2) is 12.5. The Balaban J connectivity index is 1.30. The van der Waals surface area contributed by atoms with E-state index in [1.165, 1.54) is 6.08 Å². The number of hydrogen-bond acceptors (Lipinski definition) is 8. The highest BCUT2D eigenvalue weighted by molar-refractivity contribution is 5.87. The van der Waals surface area contributed by atoms with Crippen LogP contribution >= 0.6 is 0 Å². The van der Waals surface area contributed by atoms with Gasteiger partial charge in [-0.1, -0.05) is 20.4 Å². The van der Waals surface area contributed by atoms with E-state index >= 15 is 8.78 Å². The van der Waals surface area contributed by atoms with E-state index in [0.717, 1.165) is 37.9 Å². The van der Waals surface area contributed by atoms with E-state index in [0.29, 0.717) is 19.5 Å². The first-order chi connectivity index (χ1) is 22.1. The minimum Gasteiger partial charge on any atom is -0.334 e. The van der Waals surface area contributed by atoms with E-state index in [4.69, 9.17) is 0 Å². The van der Waals surface area contributed by atoms with Gasteiger partial charge < -0.3 is 25.9 Å². The molecule has 6 heterocycles. The lowest BCUT2D eigenvalue weighted by Crippen LogP contribution is -2.80. The lowest BCUT2D eigenvalue weighted by Gasteiger charge is -2.60. The van der Waals surface area contributed by atoms with Gasteiger partial charge in [-0.2, -0.15) is 0 Å². The van der Waals surface area contributed by atoms with Crippen LogP contribution in [0.2, 0.25) is 0 Å². The van der Waals surface area contributed by atoms with Crippen LogP contribution in [0.1, 0.15) is 66.2 Å². The third-order valence-electron chi connectivity index (χ3n) is 12.2. The number of halogens is 2. The fraction of sp³-hybridized carbons (Fsp3) is 0.818. The number of carbonyl (C=O) groups excluding carboxylic acids is 2. The Labute approximate surface area is 271 Å². The Hall–Kier alpha value is -2.48. The molecule has 6 aliphatic heterocycles. The molecule has 4 bridgehead atoms. The highest BCUT2D eigenvalue weighted by atomic mass is 19.1. The first-order valence-electron chi connectivity index (χ1n) is 17.6. The van der Waals surface area contributed by atoms with E-state index in [1.807, 2.05) is 21.7 Å². The van der Waals surface area contributed by atoms with Crippen LogP contribution < -0.4 is 26.9 Å². The van der Waals surface area contributed by atoms with Gasteiger partial charge in [0.15, 0.2) is 0 Å². The normalized spacial score (nSPS) is 44.6. The van der Waals surface area contributed by atoms with Crippen molar-refractivity contribution >= 4 is 11.9 Å². The third kappa shape index (κ3) is 5.38. The fourth-order valence-electron chi connectivity index (χ4n) is 10.1. The molecule has 4 saturated heterocycles. The summed E-state index contributed by atoms with van der Waals surface area (Å²) >= 11 is 0. The molecule has 1 saturated carbocycles. The first-order valence-corrected chi connectivity index (χ1v) is 17.6. The predicted octanol–water partition coefficient (Wildman–Crippen LogP) is 2.17. The van der Waals surface area contributed by atoms with Crippen LogP contribution in [0.5, 0.6) is 0 Å². The number of nitrogens with zero attached hydrogens (tertiary/aromatic N) is 4. The Kier molecular flexibility index (Phi) is 8.73. The van der Waals surface area contributed by atoms with Gasteiger partial charge in [0.05, 0.1) is 24.4 Å². The molecule has 0 aromatic carbocycles. The second-order valence-corrected chi connectivity index (χ2v) is 15.3. The van der Waals surface area contributed by atoms with Crippen LogP contribution in [0.3, 0.4) is 0 Å². The van der Waals surface area contributed by atoms with Crippen LogP contribution in [0.15, 0.2) is 24.6 Å². The Morgan fingerprint density at radius 1 is 1.09 bits per heavy atom. The van der Waals surface area contributed by atoms with Crippen molar-refractivity contribution in [2.45, 2.75) is 127 Å². The minimum absolute atomic E-state index is 0.0443. The zero-order valence-corrected chi connectivity index (χ0v) is 27.7. The highest BCUT2D eigenvalue weighted by Crippen LogP contribution is 2.44. The number of piperazine rings is 1. The van der Waals surface area contributed by atoms with Crippen molar-refractivity contribution < 1.29 is 18.4 Å². The molecule has 7 aliphatic rings. The summed E-state index contributed by atoms with van der Waals surface area (Å²) in [6.07, 6.45) is 3.89. The van der Waals surface area contributed by atoms with E-state index in [9.17, 15) is 9.59 Å². The van der Waals surface area contributed by atoms with Crippen molar-refractivity contribution in [1.29, 1.82) is 0 Å². The monoisotopic (exact) mass is 645 g/mol. The van der Waals surface area contributed by atoms with E-state index in [2.05, 4.69) is 65.4 Å². The molecular formula is C33H53F2N9O2. The second-order valence-electron chi connectivity index (χ2n) is 15.3. The molecule has 0 aromatic rings. The molecule has 46 heavy (non-hydrogen) atoms. The molecular weight excluding hydrogens is 592 g/mol. The summed E-state index contributed by atoms with van der Waals surface area (Å²) in [5, 5.41) is 12.8. The highest BCUT2D eigenvalue weighted by Gasteiger charge is 2.58. The molecule has 7 rings (SSSR count). The minimum atomic E-state index is -1.29. The number of fused-ring (bicyclic) bond motifs is 7. The van der Waals surface area contributed by atoms with Gasteiger partial charge in [-0.05, 0) is 76.8 Å². The van der Waals surface area contributed by atoms with Crippen LogP contribution in [0, 0.1) is 23.7 Å². The molecule has 0 radical (unpaired) electrons. The number of alkyl halides is 2. The van der Waals surface area contributed by atoms with Crippen molar-refractivity contribution in [3.05, 3.63) is 24.6 Å². The number of urea groups is 1. The summed E-state index contributed by atoms with van der Waals surface area (Å²) in [6, 6.07) is -1.37. The number of carbonyl (C=O) groups is 2. The summed E-state index contributed by atoms with van der Waals surface area (Å²) in [5.41, 5.74) is 7.66. The molecule has 5 fully saturated rings. The zero-order chi connectivity index (χ0) is 32.4. The topological polar surface area (TPSA) is 107 Å². The maximum atomic E-state index is 16.8. The number of nitrogens with one attached hydrogen (secondary N) is 5. The van der Waals surface area contributed by atoms with E-state index in [1.54, 1.807) is 0 Å². The van der Waals surface area contributed by atoms with E-state index < -0.39 is 36.6 Å². The van der Waals surface area contributed by atoms with Gasteiger partial charge in [0.1, 0.15) is 12.3 Å². The SMILES string of the molecule is C=CC(=O)N1C[C@H](C)N(C2NC(=O)N3C4NC(C(F)CC42)C2C(F)CCCC2N2C=C(CC4CCNC(C(C)C)C43)NN2)C[C@H]1C. The number of allylic oxidation sites excluding steroid dienone is 1. The summed E-state index contributed by atoms with van der Waals surface area (Å²) in [6.45, 7) is 14.0. The smallest absolute Gasteiger partial charge is 0.320 e. The molecule has 0 aromatic heterocycles. The number of rotatable bonds is 3. The lowest BCUT2D eigenvalue weighted by atomic mass is 9.71. The van der Waals surface area contributed by atoms with Crippen LogP contribution in [-0.4, -0.2) is 112 Å². The van der Waals surface area contributed by atoms with E-state index in [-0.39, 0.29) is 66.3 Å². The number of amides is 3. The quantitative estimate of drug-likeness (QED) is 0.298. The molecule has 13 atom stereocenters. The molecule has 256 valence electrons. The Bertz CT molecular complexity index is 1220. The predicted molar refractivity (Wildman–Crippen MR) is 171 cm³/mol. The van der Waals surface area contributed by atoms with Crippen LogP contribution in [-0.2, 0) is 4.79 Å². The molecule has 11 unspecified atom stereocenters. The molecule has 0 spiro atoms. The third-order valence-corrected chi connectivity index (χ3v) is 12.2. The lowest BCUT2D eigenvalue weighted by molar-refractivity contribution is -0.137. The maximum Gasteiger partial charge on any atom is 0.320 e. The summed E-state index contributed by atoms with van der Waals surface area (Å²) in [7, 11) is 0. The zero-order valence-electron chi connectivity index (χ0n) is 27.7. The average Bonchev–Trinajstić information content (AvgIpc) is 3.49. The Morgan fingerprint density at radius 2 is 1.89 bits per heavy atom. The number of hydrogen-bond donors (Lipinski definition) is 5. The first kappa shape index (κ1) is 32.1. The van der Waals surface area contributed by atoms with Gasteiger partial charge in [0.25, 0.3) is 0 Å². The molecule has 11 nitrogen and oxygen atoms in total. The standard InChI is InChI=1S/C33H53F2N9O2/c1-6-26(45)41-14-19(5)42(15-18(41)4)31-22-13-24(35)29-27-23(34)8-7-9-25(27)43-16-21(39-40-43)12-20-10-11-36-28(17(2)3)30(20)44(32(22)37-29)33(46)38-31/h6,16-20,22-25,27-32,36-37,39-40H,1,7-15H2,2-5H3,(H,38,46)/t18-,19+,20?,22?,23?,24?,25?,27?,28?,29?,30?,31?,32?/m1/s1. The maximum absolute atomic E-state index is 16.8. The van der Waals surface area contributed by atoms with Gasteiger partial charge in [0, 0.05) is 61.0 Å². The molecule has 1 aliphatic carbocycles. The van der Waals surface area contributed by atoms with Gasteiger partial charge in [-0.25, -0.2) is 13.6 Å². The van der Waals surface area contributed by atoms with Crippen LogP contribution in [0.4, 0.5) is 13.6 Å². The Morgan fingerprint density at radius 3 is 2.65 bits per heavy atom. The van der Waals surface area contributed by atoms with Gasteiger partial charge in [0.2, 0.25) is 5.91 Å². The van der Waals surface area contributed by atoms with Gasteiger partial charge in [-0.15, -0.1) is 5.53 Å². The van der Waals surface area contributed by atoms with Gasteiger partial charge >= 0.3 is 6.03 Å². The number of piperidine rings is 2. The molecule has 13 heteroatoms.